The number of nitrogens with zero attached hydrogens (tertiary/aromatic N) is 4. The number of hydrogen-bond donors (Lipinski definition) is 1. The Balaban J connectivity index is 1.70. The van der Waals surface area contributed by atoms with Gasteiger partial charge in [-0.25, -0.2) is 4.98 Å². The van der Waals surface area contributed by atoms with Crippen molar-refractivity contribution in [1.29, 1.82) is 0 Å². The van der Waals surface area contributed by atoms with E-state index in [1.54, 1.807) is 13.0 Å². The summed E-state index contributed by atoms with van der Waals surface area (Å²) in [6.45, 7) is 2.67. The molecule has 1 fully saturated rings. The average Bonchev–Trinajstić information content (AvgIpc) is 3.31. The van der Waals surface area contributed by atoms with Crippen LogP contribution < -0.4 is 5.32 Å². The number of carbonyl (C=O) groups excluding carboxylic acids is 1. The van der Waals surface area contributed by atoms with Crippen LogP contribution in [0.15, 0.2) is 36.5 Å². The van der Waals surface area contributed by atoms with Crippen molar-refractivity contribution in [3.8, 4) is 0 Å². The van der Waals surface area contributed by atoms with E-state index in [1.165, 1.54) is 19.0 Å². The Labute approximate surface area is 133 Å². The minimum atomic E-state index is -0.204. The molecule has 6 heteroatoms. The zero-order chi connectivity index (χ0) is 15.8. The van der Waals surface area contributed by atoms with Crippen molar-refractivity contribution >= 4 is 22.9 Å². The van der Waals surface area contributed by atoms with E-state index in [-0.39, 0.29) is 5.91 Å². The maximum Gasteiger partial charge on any atom is 0.259 e. The van der Waals surface area contributed by atoms with Gasteiger partial charge >= 0.3 is 0 Å². The molecule has 0 bridgehead atoms. The van der Waals surface area contributed by atoms with Gasteiger partial charge in [-0.1, -0.05) is 12.1 Å². The van der Waals surface area contributed by atoms with E-state index in [0.29, 0.717) is 23.1 Å². The standard InChI is InChI=1S/C17H17N5O/c1-11-13(8-9-18-21-11)16(23)20-17-19-14-4-2-3-5-15(14)22(17)10-12-6-7-12/h2-5,8-9,12H,6-7,10H2,1H3,(H,19,20,23). The Morgan fingerprint density at radius 2 is 2.13 bits per heavy atom. The lowest BCUT2D eigenvalue weighted by Crippen LogP contribution is -2.18. The van der Waals surface area contributed by atoms with Crippen molar-refractivity contribution < 1.29 is 4.79 Å². The van der Waals surface area contributed by atoms with E-state index in [9.17, 15) is 4.79 Å². The Morgan fingerprint density at radius 3 is 2.91 bits per heavy atom. The molecule has 0 unspecified atom stereocenters. The quantitative estimate of drug-likeness (QED) is 0.804. The number of nitrogens with one attached hydrogen (secondary N) is 1. The number of hydrogen-bond acceptors (Lipinski definition) is 4. The molecule has 23 heavy (non-hydrogen) atoms. The van der Waals surface area contributed by atoms with Crippen molar-refractivity contribution in [2.24, 2.45) is 5.92 Å². The molecule has 1 aliphatic rings. The van der Waals surface area contributed by atoms with Gasteiger partial charge in [-0.2, -0.15) is 10.2 Å². The first-order valence-electron chi connectivity index (χ1n) is 7.77. The van der Waals surface area contributed by atoms with Crippen molar-refractivity contribution in [1.82, 2.24) is 19.7 Å². The van der Waals surface area contributed by atoms with Crippen LogP contribution in [0, 0.1) is 12.8 Å². The van der Waals surface area contributed by atoms with Gasteiger partial charge in [0.25, 0.3) is 5.91 Å². The molecule has 0 aliphatic heterocycles. The summed E-state index contributed by atoms with van der Waals surface area (Å²) in [5.74, 6) is 1.08. The lowest BCUT2D eigenvalue weighted by atomic mass is 10.2. The van der Waals surface area contributed by atoms with E-state index in [0.717, 1.165) is 17.6 Å². The first kappa shape index (κ1) is 13.9. The molecule has 1 N–H and O–H groups in total. The molecule has 4 rings (SSSR count). The highest BCUT2D eigenvalue weighted by molar-refractivity contribution is 6.04. The van der Waals surface area contributed by atoms with Gasteiger partial charge in [0.05, 0.1) is 28.5 Å². The van der Waals surface area contributed by atoms with Crippen molar-refractivity contribution in [2.45, 2.75) is 26.3 Å². The van der Waals surface area contributed by atoms with Crippen LogP contribution in [0.5, 0.6) is 0 Å². The highest BCUT2D eigenvalue weighted by Crippen LogP contribution is 2.33. The summed E-state index contributed by atoms with van der Waals surface area (Å²) >= 11 is 0. The minimum absolute atomic E-state index is 0.204. The largest absolute Gasteiger partial charge is 0.310 e. The Morgan fingerprint density at radius 1 is 1.30 bits per heavy atom. The highest BCUT2D eigenvalue weighted by atomic mass is 16.1. The van der Waals surface area contributed by atoms with Gasteiger partial charge < -0.3 is 4.57 Å². The number of imidazole rings is 1. The van der Waals surface area contributed by atoms with Gasteiger partial charge in [-0.3, -0.25) is 10.1 Å². The van der Waals surface area contributed by atoms with E-state index < -0.39 is 0 Å². The molecular formula is C17H17N5O. The molecule has 0 radical (unpaired) electrons. The van der Waals surface area contributed by atoms with Crippen LogP contribution in [0.2, 0.25) is 0 Å². The van der Waals surface area contributed by atoms with E-state index in [2.05, 4.69) is 25.1 Å². The fourth-order valence-electron chi connectivity index (χ4n) is 2.73. The number of aromatic nitrogens is 4. The zero-order valence-electron chi connectivity index (χ0n) is 12.9. The van der Waals surface area contributed by atoms with Gasteiger partial charge in [-0.15, -0.1) is 0 Å². The molecule has 0 saturated heterocycles. The molecule has 116 valence electrons. The van der Waals surface area contributed by atoms with Gasteiger partial charge in [-0.05, 0) is 43.9 Å². The summed E-state index contributed by atoms with van der Waals surface area (Å²) in [7, 11) is 0. The van der Waals surface area contributed by atoms with E-state index in [4.69, 9.17) is 0 Å². The predicted molar refractivity (Wildman–Crippen MR) is 87.2 cm³/mol. The second-order valence-electron chi connectivity index (χ2n) is 5.96. The van der Waals surface area contributed by atoms with E-state index in [1.807, 2.05) is 24.3 Å². The van der Waals surface area contributed by atoms with Crippen LogP contribution in [0.1, 0.15) is 28.9 Å². The summed E-state index contributed by atoms with van der Waals surface area (Å²) in [6, 6.07) is 9.63. The molecule has 0 spiro atoms. The van der Waals surface area contributed by atoms with Gasteiger partial charge in [0, 0.05) is 6.54 Å². The zero-order valence-corrected chi connectivity index (χ0v) is 12.9. The van der Waals surface area contributed by atoms with Crippen LogP contribution in [0.25, 0.3) is 11.0 Å². The molecule has 1 aliphatic carbocycles. The van der Waals surface area contributed by atoms with Crippen LogP contribution in [-0.4, -0.2) is 25.7 Å². The molecule has 0 atom stereocenters. The molecular weight excluding hydrogens is 290 g/mol. The first-order valence-corrected chi connectivity index (χ1v) is 7.77. The van der Waals surface area contributed by atoms with Gasteiger partial charge in [0.1, 0.15) is 0 Å². The number of fused-ring (bicyclic) bond motifs is 1. The molecule has 2 aromatic heterocycles. The lowest BCUT2D eigenvalue weighted by Gasteiger charge is -2.10. The molecule has 1 amide bonds. The molecule has 6 nitrogen and oxygen atoms in total. The van der Waals surface area contributed by atoms with Crippen molar-refractivity contribution in [3.63, 3.8) is 0 Å². The fraction of sp³-hybridized carbons (Fsp3) is 0.294. The average molecular weight is 307 g/mol. The Hall–Kier alpha value is -2.76. The van der Waals surface area contributed by atoms with Crippen LogP contribution in [-0.2, 0) is 6.54 Å². The molecule has 1 aromatic carbocycles. The number of carbonyl (C=O) groups is 1. The van der Waals surface area contributed by atoms with Gasteiger partial charge in [0.15, 0.2) is 0 Å². The number of rotatable bonds is 4. The summed E-state index contributed by atoms with van der Waals surface area (Å²) in [5, 5.41) is 10.6. The number of aryl methyl sites for hydroxylation is 1. The maximum atomic E-state index is 12.5. The summed E-state index contributed by atoms with van der Waals surface area (Å²) < 4.78 is 2.11. The maximum absolute atomic E-state index is 12.5. The number of amides is 1. The number of anilines is 1. The summed E-state index contributed by atoms with van der Waals surface area (Å²) in [5.41, 5.74) is 3.08. The summed E-state index contributed by atoms with van der Waals surface area (Å²) in [6.07, 6.45) is 4.01. The van der Waals surface area contributed by atoms with Gasteiger partial charge in [0.2, 0.25) is 5.95 Å². The predicted octanol–water partition coefficient (Wildman–Crippen LogP) is 2.80. The topological polar surface area (TPSA) is 72.7 Å². The Bertz CT molecular complexity index is 882. The highest BCUT2D eigenvalue weighted by Gasteiger charge is 2.25. The lowest BCUT2D eigenvalue weighted by molar-refractivity contribution is 0.102. The third kappa shape index (κ3) is 2.67. The Kier molecular flexibility index (Phi) is 3.29. The van der Waals surface area contributed by atoms with Crippen molar-refractivity contribution in [2.75, 3.05) is 5.32 Å². The smallest absolute Gasteiger partial charge is 0.259 e. The third-order valence-electron chi connectivity index (χ3n) is 4.17. The summed E-state index contributed by atoms with van der Waals surface area (Å²) in [4.78, 5) is 17.1. The van der Waals surface area contributed by atoms with Crippen molar-refractivity contribution in [3.05, 3.63) is 47.8 Å². The molecule has 1 saturated carbocycles. The first-order chi connectivity index (χ1) is 11.2. The van der Waals surface area contributed by atoms with Crippen LogP contribution in [0.3, 0.4) is 0 Å². The molecule has 2 heterocycles. The second kappa shape index (κ2) is 5.46. The number of para-hydroxylation sites is 2. The fourth-order valence-corrected chi connectivity index (χ4v) is 2.73. The van der Waals surface area contributed by atoms with Crippen LogP contribution >= 0.6 is 0 Å². The third-order valence-corrected chi connectivity index (χ3v) is 4.17. The monoisotopic (exact) mass is 307 g/mol. The number of benzene rings is 1. The molecule has 3 aromatic rings. The van der Waals surface area contributed by atoms with Crippen LogP contribution in [0.4, 0.5) is 5.95 Å². The SMILES string of the molecule is Cc1nnccc1C(=O)Nc1nc2ccccc2n1CC1CC1. The van der Waals surface area contributed by atoms with E-state index >= 15 is 0 Å². The normalized spacial score (nSPS) is 14.1. The second-order valence-corrected chi connectivity index (χ2v) is 5.96. The minimum Gasteiger partial charge on any atom is -0.310 e.